The third-order valence-corrected chi connectivity index (χ3v) is 2.58. The number of hydrogen-bond acceptors (Lipinski definition) is 2. The van der Waals surface area contributed by atoms with Crippen LogP contribution in [0.3, 0.4) is 0 Å². The molecule has 0 amide bonds. The normalized spacial score (nSPS) is 10.9. The highest BCUT2D eigenvalue weighted by Gasteiger charge is 2.06. The molecule has 1 rings (SSSR count). The molecule has 96 valence electrons. The largest absolute Gasteiger partial charge is 0.435 e. The zero-order valence-corrected chi connectivity index (χ0v) is 10.1. The summed E-state index contributed by atoms with van der Waals surface area (Å²) in [6.45, 7) is -0.113. The number of aryl methyl sites for hydroxylation is 2. The Hall–Kier alpha value is -1.16. The maximum absolute atomic E-state index is 12.2. The second-order valence-electron chi connectivity index (χ2n) is 3.96. The summed E-state index contributed by atoms with van der Waals surface area (Å²) in [6.07, 6.45) is 3.58. The third kappa shape index (κ3) is 5.13. The first-order valence-corrected chi connectivity index (χ1v) is 5.93. The highest BCUT2D eigenvalue weighted by atomic mass is 19.3. The van der Waals surface area contributed by atoms with Gasteiger partial charge in [0, 0.05) is 0 Å². The quantitative estimate of drug-likeness (QED) is 0.747. The molecule has 0 unspecified atom stereocenters. The van der Waals surface area contributed by atoms with Gasteiger partial charge in [0.15, 0.2) is 0 Å². The summed E-state index contributed by atoms with van der Waals surface area (Å²) in [6, 6.07) is 5.38. The summed E-state index contributed by atoms with van der Waals surface area (Å²) in [7, 11) is 0. The van der Waals surface area contributed by atoms with Gasteiger partial charge in [0.05, 0.1) is 0 Å². The zero-order chi connectivity index (χ0) is 12.7. The fourth-order valence-corrected chi connectivity index (χ4v) is 1.72. The number of unbranched alkanes of at least 4 members (excludes halogenated alkanes) is 1. The third-order valence-electron chi connectivity index (χ3n) is 2.58. The summed E-state index contributed by atoms with van der Waals surface area (Å²) >= 11 is 0. The van der Waals surface area contributed by atoms with Gasteiger partial charge in [-0.05, 0) is 55.5 Å². The van der Waals surface area contributed by atoms with Crippen molar-refractivity contribution in [2.75, 3.05) is 6.54 Å². The Morgan fingerprint density at radius 2 is 1.88 bits per heavy atom. The fraction of sp³-hybridized carbons (Fsp3) is 0.538. The molecule has 2 nitrogen and oxygen atoms in total. The highest BCUT2D eigenvalue weighted by molar-refractivity contribution is 5.34. The summed E-state index contributed by atoms with van der Waals surface area (Å²) in [5.74, 6) is 0.252. The number of hydrogen-bond donors (Lipinski definition) is 1. The maximum Gasteiger partial charge on any atom is 0.387 e. The molecule has 0 bridgehead atoms. The summed E-state index contributed by atoms with van der Waals surface area (Å²) in [5.41, 5.74) is 7.48. The number of benzene rings is 1. The molecule has 0 fully saturated rings. The van der Waals surface area contributed by atoms with Crippen molar-refractivity contribution in [3.63, 3.8) is 0 Å². The van der Waals surface area contributed by atoms with Gasteiger partial charge in [0.1, 0.15) is 5.75 Å². The number of halogens is 2. The van der Waals surface area contributed by atoms with E-state index in [1.807, 2.05) is 13.0 Å². The van der Waals surface area contributed by atoms with Crippen LogP contribution in [-0.4, -0.2) is 13.2 Å². The van der Waals surface area contributed by atoms with E-state index in [1.165, 1.54) is 0 Å². The SMILES string of the molecule is CCc1cc(CCCCN)cc(OC(F)F)c1. The number of nitrogens with two attached hydrogens (primary N) is 1. The Morgan fingerprint density at radius 1 is 1.18 bits per heavy atom. The van der Waals surface area contributed by atoms with Crippen LogP contribution >= 0.6 is 0 Å². The predicted octanol–water partition coefficient (Wildman–Crippen LogP) is 3.13. The van der Waals surface area contributed by atoms with Crippen LogP contribution in [0.5, 0.6) is 5.75 Å². The smallest absolute Gasteiger partial charge is 0.387 e. The Morgan fingerprint density at radius 3 is 2.47 bits per heavy atom. The van der Waals surface area contributed by atoms with E-state index in [0.29, 0.717) is 6.54 Å². The lowest BCUT2D eigenvalue weighted by atomic mass is 10.0. The van der Waals surface area contributed by atoms with Gasteiger partial charge in [0.25, 0.3) is 0 Å². The molecule has 17 heavy (non-hydrogen) atoms. The van der Waals surface area contributed by atoms with Gasteiger partial charge < -0.3 is 10.5 Å². The van der Waals surface area contributed by atoms with Crippen molar-refractivity contribution in [3.8, 4) is 5.75 Å². The van der Waals surface area contributed by atoms with Gasteiger partial charge in [-0.1, -0.05) is 13.0 Å². The second kappa shape index (κ2) is 7.22. The zero-order valence-electron chi connectivity index (χ0n) is 10.1. The lowest BCUT2D eigenvalue weighted by Crippen LogP contribution is -2.03. The van der Waals surface area contributed by atoms with Gasteiger partial charge in [-0.15, -0.1) is 0 Å². The number of ether oxygens (including phenoxy) is 1. The van der Waals surface area contributed by atoms with Crippen LogP contribution in [0.2, 0.25) is 0 Å². The van der Waals surface area contributed by atoms with Crippen LogP contribution in [0.25, 0.3) is 0 Å². The molecule has 0 saturated heterocycles. The van der Waals surface area contributed by atoms with E-state index >= 15 is 0 Å². The molecule has 0 aliphatic carbocycles. The number of alkyl halides is 2. The predicted molar refractivity (Wildman–Crippen MR) is 64.4 cm³/mol. The lowest BCUT2D eigenvalue weighted by Gasteiger charge is -2.09. The van der Waals surface area contributed by atoms with Crippen LogP contribution < -0.4 is 10.5 Å². The van der Waals surface area contributed by atoms with E-state index in [0.717, 1.165) is 36.8 Å². The first-order chi connectivity index (χ1) is 8.15. The summed E-state index contributed by atoms with van der Waals surface area (Å²) in [5, 5.41) is 0. The number of rotatable bonds is 7. The van der Waals surface area contributed by atoms with Gasteiger partial charge in [-0.25, -0.2) is 0 Å². The van der Waals surface area contributed by atoms with E-state index in [-0.39, 0.29) is 5.75 Å². The Kier molecular flexibility index (Phi) is 5.91. The average Bonchev–Trinajstić information content (AvgIpc) is 2.28. The molecule has 1 aromatic rings. The molecule has 0 aromatic heterocycles. The van der Waals surface area contributed by atoms with Crippen molar-refractivity contribution in [2.24, 2.45) is 5.73 Å². The Bertz CT molecular complexity index is 342. The molecule has 0 heterocycles. The van der Waals surface area contributed by atoms with E-state index in [9.17, 15) is 8.78 Å². The first kappa shape index (κ1) is 13.9. The van der Waals surface area contributed by atoms with Crippen molar-refractivity contribution in [1.29, 1.82) is 0 Å². The molecule has 0 radical (unpaired) electrons. The molecular weight excluding hydrogens is 224 g/mol. The average molecular weight is 243 g/mol. The fourth-order valence-electron chi connectivity index (χ4n) is 1.72. The minimum absolute atomic E-state index is 0.252. The summed E-state index contributed by atoms with van der Waals surface area (Å²) in [4.78, 5) is 0. The topological polar surface area (TPSA) is 35.2 Å². The van der Waals surface area contributed by atoms with Crippen molar-refractivity contribution < 1.29 is 13.5 Å². The monoisotopic (exact) mass is 243 g/mol. The molecule has 4 heteroatoms. The van der Waals surface area contributed by atoms with Crippen molar-refractivity contribution in [1.82, 2.24) is 0 Å². The van der Waals surface area contributed by atoms with Crippen LogP contribution in [0.1, 0.15) is 30.9 Å². The summed E-state index contributed by atoms with van der Waals surface area (Å²) < 4.78 is 28.8. The van der Waals surface area contributed by atoms with Crippen LogP contribution in [0.4, 0.5) is 8.78 Å². The molecule has 1 aromatic carbocycles. The highest BCUT2D eigenvalue weighted by Crippen LogP contribution is 2.21. The first-order valence-electron chi connectivity index (χ1n) is 5.93. The van der Waals surface area contributed by atoms with Crippen LogP contribution in [-0.2, 0) is 12.8 Å². The molecule has 0 saturated carbocycles. The molecule has 0 spiro atoms. The van der Waals surface area contributed by atoms with E-state index in [2.05, 4.69) is 4.74 Å². The van der Waals surface area contributed by atoms with Crippen molar-refractivity contribution in [2.45, 2.75) is 39.2 Å². The molecular formula is C13H19F2NO. The van der Waals surface area contributed by atoms with E-state index < -0.39 is 6.61 Å². The minimum atomic E-state index is -2.76. The van der Waals surface area contributed by atoms with Gasteiger partial charge in [-0.3, -0.25) is 0 Å². The van der Waals surface area contributed by atoms with Crippen molar-refractivity contribution in [3.05, 3.63) is 29.3 Å². The molecule has 0 aliphatic rings. The molecule has 0 atom stereocenters. The second-order valence-corrected chi connectivity index (χ2v) is 3.96. The van der Waals surface area contributed by atoms with Crippen molar-refractivity contribution >= 4 is 0 Å². The molecule has 2 N–H and O–H groups in total. The molecule has 0 aliphatic heterocycles. The van der Waals surface area contributed by atoms with Crippen LogP contribution in [0, 0.1) is 0 Å². The van der Waals surface area contributed by atoms with Gasteiger partial charge >= 0.3 is 6.61 Å². The van der Waals surface area contributed by atoms with E-state index in [4.69, 9.17) is 5.73 Å². The van der Waals surface area contributed by atoms with Gasteiger partial charge in [-0.2, -0.15) is 8.78 Å². The Labute approximate surface area is 101 Å². The maximum atomic E-state index is 12.2. The van der Waals surface area contributed by atoms with E-state index in [1.54, 1.807) is 12.1 Å². The minimum Gasteiger partial charge on any atom is -0.435 e. The Balaban J connectivity index is 2.74. The van der Waals surface area contributed by atoms with Gasteiger partial charge in [0.2, 0.25) is 0 Å². The van der Waals surface area contributed by atoms with Crippen LogP contribution in [0.15, 0.2) is 18.2 Å². The standard InChI is InChI=1S/C13H19F2NO/c1-2-10-7-11(5-3-4-6-16)9-12(8-10)17-13(14)15/h7-9,13H,2-6,16H2,1H3. The lowest BCUT2D eigenvalue weighted by molar-refractivity contribution is -0.0499.